The Bertz CT molecular complexity index is 749. The molecule has 1 amide bonds. The van der Waals surface area contributed by atoms with Crippen LogP contribution in [0, 0.1) is 0 Å². The zero-order valence-corrected chi connectivity index (χ0v) is 12.2. The minimum Gasteiger partial charge on any atom is -0.330 e. The molecule has 1 aromatic heterocycles. The minimum atomic E-state index is -0.141. The lowest BCUT2D eigenvalue weighted by atomic mass is 10.0. The summed E-state index contributed by atoms with van der Waals surface area (Å²) in [6.07, 6.45) is 0.684. The molecule has 3 aromatic rings. The predicted octanol–water partition coefficient (Wildman–Crippen LogP) is 3.05. The molecule has 21 heavy (non-hydrogen) atoms. The van der Waals surface area contributed by atoms with Gasteiger partial charge < -0.3 is 5.73 Å². The Kier molecular flexibility index (Phi) is 3.94. The molecule has 1 heterocycles. The summed E-state index contributed by atoms with van der Waals surface area (Å²) in [5, 5.41) is 3.49. The Hall–Kier alpha value is -2.24. The third-order valence-electron chi connectivity index (χ3n) is 3.19. The Labute approximate surface area is 126 Å². The molecule has 0 bridgehead atoms. The maximum Gasteiger partial charge on any atom is 0.257 e. The maximum absolute atomic E-state index is 12.4. The molecule has 3 rings (SSSR count). The van der Waals surface area contributed by atoms with E-state index in [1.54, 1.807) is 0 Å². The van der Waals surface area contributed by atoms with Crippen molar-refractivity contribution in [3.05, 3.63) is 59.7 Å². The summed E-state index contributed by atoms with van der Waals surface area (Å²) in [4.78, 5) is 16.8. The molecule has 0 saturated heterocycles. The number of rotatable bonds is 4. The highest BCUT2D eigenvalue weighted by Gasteiger charge is 2.12. The van der Waals surface area contributed by atoms with Crippen LogP contribution in [0.25, 0.3) is 10.2 Å². The molecule has 0 atom stereocenters. The highest BCUT2D eigenvalue weighted by molar-refractivity contribution is 7.22. The van der Waals surface area contributed by atoms with Crippen molar-refractivity contribution < 1.29 is 4.79 Å². The van der Waals surface area contributed by atoms with Crippen molar-refractivity contribution in [2.24, 2.45) is 5.73 Å². The molecular weight excluding hydrogens is 282 g/mol. The fraction of sp³-hybridized carbons (Fsp3) is 0.125. The van der Waals surface area contributed by atoms with Crippen LogP contribution >= 0.6 is 11.3 Å². The zero-order valence-electron chi connectivity index (χ0n) is 11.4. The first kappa shape index (κ1) is 13.7. The summed E-state index contributed by atoms with van der Waals surface area (Å²) in [5.74, 6) is -0.141. The molecule has 0 fully saturated rings. The average Bonchev–Trinajstić information content (AvgIpc) is 2.90. The fourth-order valence-electron chi connectivity index (χ4n) is 2.21. The van der Waals surface area contributed by atoms with Crippen LogP contribution in [0.5, 0.6) is 0 Å². The summed E-state index contributed by atoms with van der Waals surface area (Å²) in [5.41, 5.74) is 8.10. The van der Waals surface area contributed by atoms with Crippen LogP contribution in [0.15, 0.2) is 48.5 Å². The molecule has 4 nitrogen and oxygen atoms in total. The molecule has 3 N–H and O–H groups in total. The number of anilines is 1. The van der Waals surface area contributed by atoms with Crippen molar-refractivity contribution in [2.45, 2.75) is 6.42 Å². The molecule has 106 valence electrons. The van der Waals surface area contributed by atoms with Crippen LogP contribution < -0.4 is 11.1 Å². The van der Waals surface area contributed by atoms with Crippen LogP contribution in [0.1, 0.15) is 15.9 Å². The number of thiazole rings is 1. The van der Waals surface area contributed by atoms with E-state index < -0.39 is 0 Å². The van der Waals surface area contributed by atoms with E-state index in [1.807, 2.05) is 48.5 Å². The Morgan fingerprint density at radius 3 is 2.71 bits per heavy atom. The Morgan fingerprint density at radius 1 is 1.14 bits per heavy atom. The van der Waals surface area contributed by atoms with Gasteiger partial charge in [0.25, 0.3) is 5.91 Å². The van der Waals surface area contributed by atoms with Crippen molar-refractivity contribution in [3.63, 3.8) is 0 Å². The number of carbonyl (C=O) groups excluding carboxylic acids is 1. The Balaban J connectivity index is 1.86. The third-order valence-corrected chi connectivity index (χ3v) is 4.14. The first-order valence-electron chi connectivity index (χ1n) is 6.73. The number of para-hydroxylation sites is 1. The number of benzene rings is 2. The molecule has 0 radical (unpaired) electrons. The van der Waals surface area contributed by atoms with Gasteiger partial charge in [-0.25, -0.2) is 4.98 Å². The van der Waals surface area contributed by atoms with E-state index in [2.05, 4.69) is 10.3 Å². The summed E-state index contributed by atoms with van der Waals surface area (Å²) in [6.45, 7) is 0.519. The topological polar surface area (TPSA) is 68.0 Å². The average molecular weight is 297 g/mol. The summed E-state index contributed by atoms with van der Waals surface area (Å²) >= 11 is 1.47. The number of nitrogens with zero attached hydrogens (tertiary/aromatic N) is 1. The quantitative estimate of drug-likeness (QED) is 0.777. The van der Waals surface area contributed by atoms with E-state index in [4.69, 9.17) is 5.73 Å². The summed E-state index contributed by atoms with van der Waals surface area (Å²) < 4.78 is 1.06. The predicted molar refractivity (Wildman–Crippen MR) is 86.8 cm³/mol. The van der Waals surface area contributed by atoms with Crippen molar-refractivity contribution in [1.82, 2.24) is 4.98 Å². The molecule has 0 unspecified atom stereocenters. The lowest BCUT2D eigenvalue weighted by molar-refractivity contribution is 0.102. The van der Waals surface area contributed by atoms with E-state index in [1.165, 1.54) is 11.3 Å². The third kappa shape index (κ3) is 2.94. The van der Waals surface area contributed by atoms with Crippen LogP contribution in [0.4, 0.5) is 5.13 Å². The van der Waals surface area contributed by atoms with Gasteiger partial charge in [-0.15, -0.1) is 0 Å². The monoisotopic (exact) mass is 297 g/mol. The van der Waals surface area contributed by atoms with Gasteiger partial charge in [0.05, 0.1) is 10.2 Å². The number of nitrogens with one attached hydrogen (secondary N) is 1. The van der Waals surface area contributed by atoms with Gasteiger partial charge in [0.2, 0.25) is 0 Å². The second kappa shape index (κ2) is 6.03. The molecular formula is C16H15N3OS. The van der Waals surface area contributed by atoms with Gasteiger partial charge in [0, 0.05) is 5.56 Å². The highest BCUT2D eigenvalue weighted by Crippen LogP contribution is 2.26. The van der Waals surface area contributed by atoms with Crippen molar-refractivity contribution in [2.75, 3.05) is 11.9 Å². The normalized spacial score (nSPS) is 10.7. The largest absolute Gasteiger partial charge is 0.330 e. The maximum atomic E-state index is 12.4. The van der Waals surface area contributed by atoms with Gasteiger partial charge in [-0.3, -0.25) is 10.1 Å². The summed E-state index contributed by atoms with van der Waals surface area (Å²) in [7, 11) is 0. The molecule has 0 aliphatic rings. The highest BCUT2D eigenvalue weighted by atomic mass is 32.1. The van der Waals surface area contributed by atoms with Gasteiger partial charge >= 0.3 is 0 Å². The molecule has 0 aliphatic carbocycles. The van der Waals surface area contributed by atoms with Gasteiger partial charge in [-0.05, 0) is 36.7 Å². The minimum absolute atomic E-state index is 0.141. The van der Waals surface area contributed by atoms with Crippen LogP contribution in [-0.4, -0.2) is 17.4 Å². The first-order chi connectivity index (χ1) is 10.3. The van der Waals surface area contributed by atoms with Crippen molar-refractivity contribution in [3.8, 4) is 0 Å². The van der Waals surface area contributed by atoms with E-state index in [0.29, 0.717) is 23.7 Å². The zero-order chi connectivity index (χ0) is 14.7. The molecule has 2 aromatic carbocycles. The van der Waals surface area contributed by atoms with E-state index in [-0.39, 0.29) is 5.91 Å². The molecule has 0 spiro atoms. The molecule has 0 aliphatic heterocycles. The second-order valence-corrected chi connectivity index (χ2v) is 5.67. The SMILES string of the molecule is NCCc1ccccc1C(=O)Nc1nc2ccccc2s1. The standard InChI is InChI=1S/C16H15N3OS/c17-10-9-11-5-1-2-6-12(11)15(20)19-16-18-13-7-3-4-8-14(13)21-16/h1-8H,9-10,17H2,(H,18,19,20). The van der Waals surface area contributed by atoms with Gasteiger partial charge in [-0.2, -0.15) is 0 Å². The number of carbonyl (C=O) groups is 1. The molecule has 0 saturated carbocycles. The van der Waals surface area contributed by atoms with Crippen molar-refractivity contribution in [1.29, 1.82) is 0 Å². The number of hydrogen-bond acceptors (Lipinski definition) is 4. The first-order valence-corrected chi connectivity index (χ1v) is 7.54. The smallest absolute Gasteiger partial charge is 0.257 e. The van der Waals surface area contributed by atoms with Crippen LogP contribution in [0.3, 0.4) is 0 Å². The summed E-state index contributed by atoms with van der Waals surface area (Å²) in [6, 6.07) is 15.3. The van der Waals surface area contributed by atoms with Crippen molar-refractivity contribution >= 4 is 32.6 Å². The number of aromatic nitrogens is 1. The van der Waals surface area contributed by atoms with E-state index >= 15 is 0 Å². The number of amides is 1. The fourth-order valence-corrected chi connectivity index (χ4v) is 3.07. The number of fused-ring (bicyclic) bond motifs is 1. The van der Waals surface area contributed by atoms with Gasteiger partial charge in [-0.1, -0.05) is 41.7 Å². The number of nitrogens with two attached hydrogens (primary N) is 1. The van der Waals surface area contributed by atoms with E-state index in [9.17, 15) is 4.79 Å². The lowest BCUT2D eigenvalue weighted by Crippen LogP contribution is -2.15. The van der Waals surface area contributed by atoms with E-state index in [0.717, 1.165) is 15.8 Å². The molecule has 5 heteroatoms. The van der Waals surface area contributed by atoms with Gasteiger partial charge in [0.15, 0.2) is 5.13 Å². The van der Waals surface area contributed by atoms with Crippen LogP contribution in [-0.2, 0) is 6.42 Å². The Morgan fingerprint density at radius 2 is 1.90 bits per heavy atom. The second-order valence-electron chi connectivity index (χ2n) is 4.64. The van der Waals surface area contributed by atoms with Gasteiger partial charge in [0.1, 0.15) is 0 Å². The van der Waals surface area contributed by atoms with Crippen LogP contribution in [0.2, 0.25) is 0 Å². The number of hydrogen-bond donors (Lipinski definition) is 2. The lowest BCUT2D eigenvalue weighted by Gasteiger charge is -2.07.